The van der Waals surface area contributed by atoms with Crippen molar-refractivity contribution in [2.75, 3.05) is 13.1 Å². The number of piperidine rings is 1. The van der Waals surface area contributed by atoms with Crippen molar-refractivity contribution in [2.24, 2.45) is 7.05 Å². The van der Waals surface area contributed by atoms with Gasteiger partial charge in [-0.15, -0.1) is 0 Å². The molecule has 1 aliphatic heterocycles. The van der Waals surface area contributed by atoms with Crippen LogP contribution in [-0.4, -0.2) is 53.4 Å². The van der Waals surface area contributed by atoms with Gasteiger partial charge in [-0.05, 0) is 26.7 Å². The first-order valence-corrected chi connectivity index (χ1v) is 9.42. The molecule has 0 bridgehead atoms. The molecule has 0 radical (unpaired) electrons. The van der Waals surface area contributed by atoms with E-state index in [1.807, 2.05) is 36.6 Å². The lowest BCUT2D eigenvalue weighted by molar-refractivity contribution is 0.0699. The number of rotatable bonds is 3. The van der Waals surface area contributed by atoms with E-state index in [0.717, 1.165) is 41.4 Å². The smallest absolute Gasteiger partial charge is 0.274 e. The van der Waals surface area contributed by atoms with Crippen LogP contribution >= 0.6 is 0 Å². The van der Waals surface area contributed by atoms with Crippen molar-refractivity contribution >= 4 is 5.91 Å². The molecule has 0 saturated carbocycles. The maximum atomic E-state index is 12.9. The third kappa shape index (κ3) is 3.37. The van der Waals surface area contributed by atoms with Gasteiger partial charge in [-0.1, -0.05) is 0 Å². The van der Waals surface area contributed by atoms with Crippen LogP contribution in [0.2, 0.25) is 0 Å². The highest BCUT2D eigenvalue weighted by Gasteiger charge is 2.29. The van der Waals surface area contributed by atoms with Gasteiger partial charge < -0.3 is 9.47 Å². The number of amides is 1. The minimum absolute atomic E-state index is 0.0842. The first-order chi connectivity index (χ1) is 13.5. The van der Waals surface area contributed by atoms with Crippen LogP contribution in [-0.2, 0) is 7.05 Å². The molecule has 0 spiro atoms. The fraction of sp³-hybridized carbons (Fsp3) is 0.400. The molecule has 0 aliphatic carbocycles. The predicted octanol–water partition coefficient (Wildman–Crippen LogP) is 2.30. The molecule has 0 N–H and O–H groups in total. The van der Waals surface area contributed by atoms with Crippen molar-refractivity contribution in [1.82, 2.24) is 34.4 Å². The summed E-state index contributed by atoms with van der Waals surface area (Å²) >= 11 is 0. The predicted molar refractivity (Wildman–Crippen MR) is 104 cm³/mol. The molecular formula is C20H23N7O. The van der Waals surface area contributed by atoms with Gasteiger partial charge in [-0.3, -0.25) is 19.7 Å². The Bertz CT molecular complexity index is 996. The molecule has 1 aliphatic rings. The summed E-state index contributed by atoms with van der Waals surface area (Å²) < 4.78 is 2.02. The maximum Gasteiger partial charge on any atom is 0.274 e. The molecule has 28 heavy (non-hydrogen) atoms. The van der Waals surface area contributed by atoms with Gasteiger partial charge in [0, 0.05) is 44.6 Å². The Morgan fingerprint density at radius 2 is 1.86 bits per heavy atom. The fourth-order valence-corrected chi connectivity index (χ4v) is 3.62. The Morgan fingerprint density at radius 3 is 2.57 bits per heavy atom. The van der Waals surface area contributed by atoms with E-state index in [1.54, 1.807) is 24.8 Å². The molecule has 8 heteroatoms. The first kappa shape index (κ1) is 18.2. The summed E-state index contributed by atoms with van der Waals surface area (Å²) in [6.07, 6.45) is 10.3. The Hall–Kier alpha value is -3.16. The molecule has 3 aromatic rings. The SMILES string of the molecule is Cc1cnc(C(=O)N2CCCC(c3nccnc3-c3cnc(C)n3C)C2)cn1. The molecule has 0 aromatic carbocycles. The second-order valence-electron chi connectivity index (χ2n) is 7.17. The largest absolute Gasteiger partial charge is 0.337 e. The molecular weight excluding hydrogens is 354 g/mol. The van der Waals surface area contributed by atoms with Gasteiger partial charge in [0.25, 0.3) is 5.91 Å². The van der Waals surface area contributed by atoms with Crippen LogP contribution in [0.5, 0.6) is 0 Å². The summed E-state index contributed by atoms with van der Waals surface area (Å²) in [7, 11) is 1.98. The molecule has 4 heterocycles. The van der Waals surface area contributed by atoms with E-state index >= 15 is 0 Å². The second-order valence-corrected chi connectivity index (χ2v) is 7.17. The average Bonchev–Trinajstić information content (AvgIpc) is 3.06. The standard InChI is InChI=1S/C20H23N7O/c1-13-9-25-16(10-23-13)20(28)27-8-4-5-15(12-27)18-19(22-7-6-21-18)17-11-24-14(2)26(17)3/h6-7,9-11,15H,4-5,8,12H2,1-3H3. The third-order valence-corrected chi connectivity index (χ3v) is 5.28. The number of likely N-dealkylation sites (tertiary alicyclic amines) is 1. The summed E-state index contributed by atoms with van der Waals surface area (Å²) in [6.45, 7) is 5.12. The molecule has 1 fully saturated rings. The van der Waals surface area contributed by atoms with E-state index in [2.05, 4.69) is 24.9 Å². The van der Waals surface area contributed by atoms with Crippen molar-refractivity contribution < 1.29 is 4.79 Å². The van der Waals surface area contributed by atoms with E-state index < -0.39 is 0 Å². The Labute approximate surface area is 163 Å². The Kier molecular flexibility index (Phi) is 4.85. The number of carbonyl (C=O) groups is 1. The van der Waals surface area contributed by atoms with Gasteiger partial charge in [0.2, 0.25) is 0 Å². The van der Waals surface area contributed by atoms with Crippen LogP contribution in [0, 0.1) is 13.8 Å². The highest BCUT2D eigenvalue weighted by molar-refractivity contribution is 5.92. The van der Waals surface area contributed by atoms with Crippen LogP contribution in [0.25, 0.3) is 11.4 Å². The Balaban J connectivity index is 1.61. The fourth-order valence-electron chi connectivity index (χ4n) is 3.62. The van der Waals surface area contributed by atoms with Gasteiger partial charge in [-0.25, -0.2) is 9.97 Å². The number of aryl methyl sites for hydroxylation is 2. The molecule has 4 rings (SSSR count). The number of nitrogens with zero attached hydrogens (tertiary/aromatic N) is 7. The Morgan fingerprint density at radius 1 is 1.04 bits per heavy atom. The number of hydrogen-bond acceptors (Lipinski definition) is 6. The number of aromatic nitrogens is 6. The van der Waals surface area contributed by atoms with E-state index in [9.17, 15) is 4.79 Å². The normalized spacial score (nSPS) is 17.0. The van der Waals surface area contributed by atoms with Gasteiger partial charge in [0.15, 0.2) is 0 Å². The van der Waals surface area contributed by atoms with E-state index in [-0.39, 0.29) is 11.8 Å². The number of imidazole rings is 1. The quantitative estimate of drug-likeness (QED) is 0.696. The highest BCUT2D eigenvalue weighted by Crippen LogP contribution is 2.32. The van der Waals surface area contributed by atoms with E-state index in [1.165, 1.54) is 0 Å². The molecule has 1 amide bonds. The van der Waals surface area contributed by atoms with Crippen molar-refractivity contribution in [3.8, 4) is 11.4 Å². The molecule has 1 saturated heterocycles. The van der Waals surface area contributed by atoms with Crippen molar-refractivity contribution in [3.63, 3.8) is 0 Å². The summed E-state index contributed by atoms with van der Waals surface area (Å²) in [5.74, 6) is 0.957. The van der Waals surface area contributed by atoms with Crippen LogP contribution in [0.4, 0.5) is 0 Å². The molecule has 8 nitrogen and oxygen atoms in total. The van der Waals surface area contributed by atoms with Crippen molar-refractivity contribution in [2.45, 2.75) is 32.6 Å². The minimum Gasteiger partial charge on any atom is -0.337 e. The van der Waals surface area contributed by atoms with Crippen LogP contribution < -0.4 is 0 Å². The number of hydrogen-bond donors (Lipinski definition) is 0. The van der Waals surface area contributed by atoms with Crippen LogP contribution in [0.1, 0.15) is 46.5 Å². The zero-order valence-corrected chi connectivity index (χ0v) is 16.3. The lowest BCUT2D eigenvalue weighted by Crippen LogP contribution is -2.40. The lowest BCUT2D eigenvalue weighted by Gasteiger charge is -2.32. The topological polar surface area (TPSA) is 89.7 Å². The molecule has 1 unspecified atom stereocenters. The van der Waals surface area contributed by atoms with Crippen molar-refractivity contribution in [1.29, 1.82) is 0 Å². The zero-order chi connectivity index (χ0) is 19.7. The number of carbonyl (C=O) groups excluding carboxylic acids is 1. The summed E-state index contributed by atoms with van der Waals surface area (Å²) in [5.41, 5.74) is 3.86. The van der Waals surface area contributed by atoms with Crippen LogP contribution in [0.3, 0.4) is 0 Å². The van der Waals surface area contributed by atoms with Gasteiger partial charge in [0.1, 0.15) is 17.2 Å². The second kappa shape index (κ2) is 7.46. The molecule has 144 valence electrons. The first-order valence-electron chi connectivity index (χ1n) is 9.42. The average molecular weight is 377 g/mol. The summed E-state index contributed by atoms with van der Waals surface area (Å²) in [6, 6.07) is 0. The van der Waals surface area contributed by atoms with Gasteiger partial charge in [-0.2, -0.15) is 0 Å². The monoisotopic (exact) mass is 377 g/mol. The lowest BCUT2D eigenvalue weighted by atomic mass is 9.92. The molecule has 1 atom stereocenters. The molecule has 3 aromatic heterocycles. The summed E-state index contributed by atoms with van der Waals surface area (Å²) in [5, 5.41) is 0. The van der Waals surface area contributed by atoms with E-state index in [4.69, 9.17) is 0 Å². The van der Waals surface area contributed by atoms with Gasteiger partial charge >= 0.3 is 0 Å². The van der Waals surface area contributed by atoms with Crippen LogP contribution in [0.15, 0.2) is 31.0 Å². The maximum absolute atomic E-state index is 12.9. The van der Waals surface area contributed by atoms with E-state index in [0.29, 0.717) is 18.8 Å². The third-order valence-electron chi connectivity index (χ3n) is 5.28. The minimum atomic E-state index is -0.0842. The summed E-state index contributed by atoms with van der Waals surface area (Å²) in [4.78, 5) is 36.8. The van der Waals surface area contributed by atoms with Gasteiger partial charge in [0.05, 0.1) is 29.5 Å². The zero-order valence-electron chi connectivity index (χ0n) is 16.3. The van der Waals surface area contributed by atoms with Crippen molar-refractivity contribution in [3.05, 3.63) is 53.9 Å². The highest BCUT2D eigenvalue weighted by atomic mass is 16.2.